The number of rotatable bonds is 6. The number of nitriles is 1. The molecule has 1 aromatic carbocycles. The number of hydrogen-bond acceptors (Lipinski definition) is 8. The van der Waals surface area contributed by atoms with E-state index in [0.29, 0.717) is 35.9 Å². The van der Waals surface area contributed by atoms with Gasteiger partial charge >= 0.3 is 0 Å². The number of anilines is 2. The van der Waals surface area contributed by atoms with E-state index in [4.69, 9.17) is 20.9 Å². The average molecular weight is 351 g/mol. The quantitative estimate of drug-likeness (QED) is 0.680. The van der Waals surface area contributed by atoms with Crippen molar-refractivity contribution in [2.75, 3.05) is 25.2 Å². The van der Waals surface area contributed by atoms with Crippen LogP contribution in [0.3, 0.4) is 0 Å². The summed E-state index contributed by atoms with van der Waals surface area (Å²) in [6.07, 6.45) is 5.23. The Hall–Kier alpha value is -3.80. The van der Waals surface area contributed by atoms with Gasteiger partial charge < -0.3 is 25.5 Å². The maximum absolute atomic E-state index is 9.44. The van der Waals surface area contributed by atoms with Crippen LogP contribution in [0.2, 0.25) is 0 Å². The predicted octanol–water partition coefficient (Wildman–Crippen LogP) is 1.46. The molecule has 0 atom stereocenters. The lowest BCUT2D eigenvalue weighted by Gasteiger charge is -2.16. The largest absolute Gasteiger partial charge is 0.493 e. The monoisotopic (exact) mass is 351 g/mol. The van der Waals surface area contributed by atoms with Crippen LogP contribution >= 0.6 is 0 Å². The zero-order chi connectivity index (χ0) is 18.5. The van der Waals surface area contributed by atoms with Gasteiger partial charge in [-0.25, -0.2) is 9.97 Å². The number of nitrogen functional groups attached to an aromatic ring is 2. The molecule has 0 unspecified atom stereocenters. The van der Waals surface area contributed by atoms with Crippen LogP contribution in [-0.2, 0) is 6.54 Å². The molecule has 9 nitrogen and oxygen atoms in total. The second-order valence-corrected chi connectivity index (χ2v) is 5.29. The molecule has 2 heterocycles. The van der Waals surface area contributed by atoms with Gasteiger partial charge in [0.05, 0.1) is 25.7 Å². The van der Waals surface area contributed by atoms with Crippen molar-refractivity contribution in [1.82, 2.24) is 19.5 Å². The van der Waals surface area contributed by atoms with E-state index in [1.165, 1.54) is 7.11 Å². The van der Waals surface area contributed by atoms with Crippen LogP contribution in [0.5, 0.6) is 11.5 Å². The lowest BCUT2D eigenvalue weighted by atomic mass is 10.1. The van der Waals surface area contributed by atoms with Gasteiger partial charge in [0, 0.05) is 18.0 Å². The zero-order valence-electron chi connectivity index (χ0n) is 14.1. The Balaban J connectivity index is 2.01. The minimum Gasteiger partial charge on any atom is -0.493 e. The highest BCUT2D eigenvalue weighted by Gasteiger charge is 2.19. The molecule has 132 valence electrons. The van der Waals surface area contributed by atoms with Crippen molar-refractivity contribution in [2.24, 2.45) is 0 Å². The maximum atomic E-state index is 9.44. The zero-order valence-corrected chi connectivity index (χ0v) is 14.1. The predicted molar refractivity (Wildman–Crippen MR) is 95.3 cm³/mol. The molecule has 4 N–H and O–H groups in total. The van der Waals surface area contributed by atoms with E-state index in [2.05, 4.69) is 15.0 Å². The highest BCUT2D eigenvalue weighted by Crippen LogP contribution is 2.39. The molecule has 26 heavy (non-hydrogen) atoms. The minimum atomic E-state index is -0.0244. The van der Waals surface area contributed by atoms with Crippen molar-refractivity contribution < 1.29 is 9.47 Å². The molecule has 2 aromatic heterocycles. The van der Waals surface area contributed by atoms with E-state index < -0.39 is 0 Å². The minimum absolute atomic E-state index is 0.0159. The summed E-state index contributed by atoms with van der Waals surface area (Å²) in [4.78, 5) is 12.0. The van der Waals surface area contributed by atoms with E-state index in [-0.39, 0.29) is 17.3 Å². The number of imidazole rings is 1. The number of para-hydroxylation sites is 1. The van der Waals surface area contributed by atoms with Gasteiger partial charge in [-0.2, -0.15) is 10.2 Å². The van der Waals surface area contributed by atoms with Crippen molar-refractivity contribution in [3.63, 3.8) is 0 Å². The van der Waals surface area contributed by atoms with E-state index in [1.807, 2.05) is 16.8 Å². The lowest BCUT2D eigenvalue weighted by molar-refractivity contribution is 0.281. The first-order valence-electron chi connectivity index (χ1n) is 7.73. The fraction of sp³-hybridized carbons (Fsp3) is 0.176. The lowest BCUT2D eigenvalue weighted by Crippen LogP contribution is -2.09. The van der Waals surface area contributed by atoms with E-state index >= 15 is 0 Å². The Morgan fingerprint density at radius 1 is 1.27 bits per heavy atom. The van der Waals surface area contributed by atoms with Crippen LogP contribution in [0.15, 0.2) is 36.9 Å². The van der Waals surface area contributed by atoms with Gasteiger partial charge in [0.25, 0.3) is 0 Å². The number of nitrogens with zero attached hydrogens (tertiary/aromatic N) is 5. The van der Waals surface area contributed by atoms with Gasteiger partial charge in [0.2, 0.25) is 5.95 Å². The fourth-order valence-corrected chi connectivity index (χ4v) is 2.49. The van der Waals surface area contributed by atoms with Gasteiger partial charge in [-0.05, 0) is 12.1 Å². The van der Waals surface area contributed by atoms with Crippen LogP contribution < -0.4 is 20.9 Å². The fourth-order valence-electron chi connectivity index (χ4n) is 2.49. The normalized spacial score (nSPS) is 10.3. The molecular weight excluding hydrogens is 334 g/mol. The molecule has 0 saturated heterocycles. The Labute approximate surface area is 149 Å². The molecule has 0 spiro atoms. The first-order valence-corrected chi connectivity index (χ1v) is 7.73. The van der Waals surface area contributed by atoms with Gasteiger partial charge in [0.15, 0.2) is 11.5 Å². The Morgan fingerprint density at radius 3 is 2.81 bits per heavy atom. The molecule has 0 radical (unpaired) electrons. The molecule has 3 aromatic rings. The highest BCUT2D eigenvalue weighted by molar-refractivity contribution is 5.79. The molecular formula is C17H17N7O2. The second-order valence-electron chi connectivity index (χ2n) is 5.29. The first-order chi connectivity index (χ1) is 12.6. The Morgan fingerprint density at radius 2 is 2.12 bits per heavy atom. The third-order valence-electron chi connectivity index (χ3n) is 3.68. The number of benzene rings is 1. The molecule has 0 aliphatic heterocycles. The van der Waals surface area contributed by atoms with Gasteiger partial charge in [-0.3, -0.25) is 0 Å². The SMILES string of the molecule is COc1cccc(-c2nc(N)nc(N)c2C#N)c1OCCn1ccnc1. The Kier molecular flexibility index (Phi) is 4.85. The summed E-state index contributed by atoms with van der Waals surface area (Å²) in [6.45, 7) is 0.957. The van der Waals surface area contributed by atoms with Crippen molar-refractivity contribution in [3.8, 4) is 28.8 Å². The molecule has 0 amide bonds. The van der Waals surface area contributed by atoms with Crippen LogP contribution in [-0.4, -0.2) is 33.2 Å². The summed E-state index contributed by atoms with van der Waals surface area (Å²) < 4.78 is 13.2. The summed E-state index contributed by atoms with van der Waals surface area (Å²) in [5.74, 6) is 0.947. The summed E-state index contributed by atoms with van der Waals surface area (Å²) >= 11 is 0. The third kappa shape index (κ3) is 3.34. The maximum Gasteiger partial charge on any atom is 0.222 e. The molecule has 0 saturated carbocycles. The number of ether oxygens (including phenoxy) is 2. The molecule has 0 aliphatic rings. The highest BCUT2D eigenvalue weighted by atomic mass is 16.5. The molecule has 0 aliphatic carbocycles. The third-order valence-corrected chi connectivity index (χ3v) is 3.68. The molecule has 9 heteroatoms. The van der Waals surface area contributed by atoms with Crippen molar-refractivity contribution in [1.29, 1.82) is 5.26 Å². The molecule has 0 fully saturated rings. The van der Waals surface area contributed by atoms with Crippen LogP contribution in [0.25, 0.3) is 11.3 Å². The van der Waals surface area contributed by atoms with Gasteiger partial charge in [-0.15, -0.1) is 0 Å². The van der Waals surface area contributed by atoms with Crippen molar-refractivity contribution >= 4 is 11.8 Å². The van der Waals surface area contributed by atoms with E-state index in [0.717, 1.165) is 0 Å². The summed E-state index contributed by atoms with van der Waals surface area (Å²) in [5, 5.41) is 9.44. The van der Waals surface area contributed by atoms with E-state index in [1.54, 1.807) is 30.7 Å². The molecule has 0 bridgehead atoms. The smallest absolute Gasteiger partial charge is 0.222 e. The summed E-state index contributed by atoms with van der Waals surface area (Å²) in [7, 11) is 1.54. The number of aromatic nitrogens is 4. The van der Waals surface area contributed by atoms with Crippen molar-refractivity contribution in [2.45, 2.75) is 6.54 Å². The second kappa shape index (κ2) is 7.40. The number of methoxy groups -OCH3 is 1. The van der Waals surface area contributed by atoms with Gasteiger partial charge in [0.1, 0.15) is 24.1 Å². The topological polar surface area (TPSA) is 138 Å². The summed E-state index contributed by atoms with van der Waals surface area (Å²) in [6, 6.07) is 7.31. The average Bonchev–Trinajstić information content (AvgIpc) is 3.14. The van der Waals surface area contributed by atoms with Crippen LogP contribution in [0.4, 0.5) is 11.8 Å². The van der Waals surface area contributed by atoms with Crippen molar-refractivity contribution in [3.05, 3.63) is 42.5 Å². The van der Waals surface area contributed by atoms with Crippen LogP contribution in [0.1, 0.15) is 5.56 Å². The number of nitrogens with two attached hydrogens (primary N) is 2. The number of hydrogen-bond donors (Lipinski definition) is 2. The van der Waals surface area contributed by atoms with Gasteiger partial charge in [-0.1, -0.05) is 6.07 Å². The summed E-state index contributed by atoms with van der Waals surface area (Å²) in [5.41, 5.74) is 12.5. The first kappa shape index (κ1) is 17.0. The molecule has 3 rings (SSSR count). The van der Waals surface area contributed by atoms with E-state index in [9.17, 15) is 5.26 Å². The standard InChI is InChI=1S/C17H17N7O2/c1-25-13-4-2-3-11(14-12(9-18)16(19)23-17(20)22-14)15(13)26-8-7-24-6-5-21-10-24/h2-6,10H,7-8H2,1H3,(H4,19,20,22,23). The van der Waals surface area contributed by atoms with Crippen LogP contribution in [0, 0.1) is 11.3 Å². The Bertz CT molecular complexity index is 948.